The van der Waals surface area contributed by atoms with Crippen LogP contribution >= 0.6 is 11.6 Å². The maximum absolute atomic E-state index is 12.4. The Morgan fingerprint density at radius 3 is 2.70 bits per heavy atom. The Kier molecular flexibility index (Phi) is 5.39. The van der Waals surface area contributed by atoms with Crippen molar-refractivity contribution < 1.29 is 14.3 Å². The number of carbonyl (C=O) groups excluding carboxylic acids is 2. The number of methoxy groups -OCH3 is 1. The van der Waals surface area contributed by atoms with Gasteiger partial charge in [-0.15, -0.1) is 0 Å². The van der Waals surface area contributed by atoms with Crippen LogP contribution in [-0.4, -0.2) is 47.3 Å². The molecule has 1 atom stereocenters. The van der Waals surface area contributed by atoms with Gasteiger partial charge in [0.2, 0.25) is 0 Å². The molecule has 0 N–H and O–H groups in total. The molecule has 0 aliphatic rings. The van der Waals surface area contributed by atoms with Crippen molar-refractivity contribution in [3.8, 4) is 5.69 Å². The first-order valence-corrected chi connectivity index (χ1v) is 7.45. The molecule has 0 aliphatic carbocycles. The second kappa shape index (κ2) is 7.28. The third-order valence-electron chi connectivity index (χ3n) is 3.41. The highest BCUT2D eigenvalue weighted by Gasteiger charge is 2.21. The molecule has 0 unspecified atom stereocenters. The number of benzene rings is 1. The number of halogens is 1. The highest BCUT2D eigenvalue weighted by Crippen LogP contribution is 2.19. The minimum Gasteiger partial charge on any atom is -0.469 e. The third-order valence-corrected chi connectivity index (χ3v) is 3.73. The van der Waals surface area contributed by atoms with E-state index in [1.807, 2.05) is 18.2 Å². The summed E-state index contributed by atoms with van der Waals surface area (Å²) in [6.45, 7) is 1.96. The number of nitrogens with zero attached hydrogens (tertiary/aromatic N) is 3. The number of rotatable bonds is 5. The normalized spacial score (nSPS) is 11.8. The summed E-state index contributed by atoms with van der Waals surface area (Å²) < 4.78 is 6.21. The fourth-order valence-electron chi connectivity index (χ4n) is 2.17. The van der Waals surface area contributed by atoms with E-state index in [-0.39, 0.29) is 24.1 Å². The Labute approximate surface area is 139 Å². The van der Waals surface area contributed by atoms with E-state index in [0.29, 0.717) is 10.7 Å². The van der Waals surface area contributed by atoms with Gasteiger partial charge >= 0.3 is 5.97 Å². The van der Waals surface area contributed by atoms with Crippen molar-refractivity contribution in [2.24, 2.45) is 5.92 Å². The summed E-state index contributed by atoms with van der Waals surface area (Å²) in [7, 11) is 2.95. The summed E-state index contributed by atoms with van der Waals surface area (Å²) in [4.78, 5) is 25.3. The summed E-state index contributed by atoms with van der Waals surface area (Å²) in [6, 6.07) is 8.85. The quantitative estimate of drug-likeness (QED) is 0.787. The van der Waals surface area contributed by atoms with Crippen LogP contribution in [0, 0.1) is 5.92 Å². The van der Waals surface area contributed by atoms with Gasteiger partial charge in [0.15, 0.2) is 5.69 Å². The first kappa shape index (κ1) is 17.0. The van der Waals surface area contributed by atoms with Gasteiger partial charge < -0.3 is 9.64 Å². The van der Waals surface area contributed by atoms with Gasteiger partial charge in [-0.1, -0.05) is 30.7 Å². The first-order chi connectivity index (χ1) is 10.9. The van der Waals surface area contributed by atoms with Crippen LogP contribution in [-0.2, 0) is 9.53 Å². The zero-order valence-electron chi connectivity index (χ0n) is 13.2. The number of hydrogen-bond acceptors (Lipinski definition) is 4. The molecule has 1 amide bonds. The molecule has 6 nitrogen and oxygen atoms in total. The average Bonchev–Trinajstić information content (AvgIpc) is 3.03. The van der Waals surface area contributed by atoms with Crippen LogP contribution in [0.15, 0.2) is 36.5 Å². The number of ether oxygens (including phenoxy) is 1. The lowest BCUT2D eigenvalue weighted by Crippen LogP contribution is -2.34. The van der Waals surface area contributed by atoms with Crippen LogP contribution in [0.25, 0.3) is 5.69 Å². The second-order valence-corrected chi connectivity index (χ2v) is 5.61. The molecule has 0 spiro atoms. The predicted molar refractivity (Wildman–Crippen MR) is 86.7 cm³/mol. The van der Waals surface area contributed by atoms with Gasteiger partial charge in [-0.05, 0) is 18.2 Å². The maximum Gasteiger partial charge on any atom is 0.310 e. The Balaban J connectivity index is 2.12. The molecule has 23 heavy (non-hydrogen) atoms. The molecule has 2 aromatic rings. The summed E-state index contributed by atoms with van der Waals surface area (Å²) >= 11 is 6.12. The van der Waals surface area contributed by atoms with E-state index in [1.165, 1.54) is 12.0 Å². The number of para-hydroxylation sites is 1. The Hall–Kier alpha value is -2.34. The molecule has 0 fully saturated rings. The van der Waals surface area contributed by atoms with Crippen LogP contribution < -0.4 is 0 Å². The summed E-state index contributed by atoms with van der Waals surface area (Å²) in [5.74, 6) is -1.03. The van der Waals surface area contributed by atoms with Gasteiger partial charge in [0, 0.05) is 19.8 Å². The maximum atomic E-state index is 12.4. The average molecular weight is 336 g/mol. The minimum atomic E-state index is -0.403. The van der Waals surface area contributed by atoms with E-state index >= 15 is 0 Å². The molecule has 0 saturated heterocycles. The number of esters is 1. The summed E-state index contributed by atoms with van der Waals surface area (Å²) in [6.07, 6.45) is 1.67. The van der Waals surface area contributed by atoms with Crippen LogP contribution in [0.1, 0.15) is 17.4 Å². The SMILES string of the molecule is COC(=O)[C@@H](C)CN(C)C(=O)c1ccn(-c2ccccc2Cl)n1. The van der Waals surface area contributed by atoms with Crippen molar-refractivity contribution in [2.45, 2.75) is 6.92 Å². The zero-order valence-corrected chi connectivity index (χ0v) is 13.9. The van der Waals surface area contributed by atoms with Crippen molar-refractivity contribution in [2.75, 3.05) is 20.7 Å². The largest absolute Gasteiger partial charge is 0.469 e. The lowest BCUT2D eigenvalue weighted by molar-refractivity contribution is -0.145. The van der Waals surface area contributed by atoms with Gasteiger partial charge in [0.25, 0.3) is 5.91 Å². The van der Waals surface area contributed by atoms with E-state index in [2.05, 4.69) is 9.84 Å². The molecule has 0 radical (unpaired) electrons. The van der Waals surface area contributed by atoms with Crippen LogP contribution in [0.4, 0.5) is 0 Å². The monoisotopic (exact) mass is 335 g/mol. The molecular weight excluding hydrogens is 318 g/mol. The van der Waals surface area contributed by atoms with E-state index in [4.69, 9.17) is 11.6 Å². The molecule has 0 saturated carbocycles. The van der Waals surface area contributed by atoms with E-state index in [0.717, 1.165) is 0 Å². The highest BCUT2D eigenvalue weighted by atomic mass is 35.5. The van der Waals surface area contributed by atoms with Gasteiger partial charge in [0.1, 0.15) is 0 Å². The fraction of sp³-hybridized carbons (Fsp3) is 0.312. The molecule has 7 heteroatoms. The van der Waals surface area contributed by atoms with Crippen molar-refractivity contribution in [3.05, 3.63) is 47.2 Å². The van der Waals surface area contributed by atoms with Crippen molar-refractivity contribution in [1.82, 2.24) is 14.7 Å². The molecule has 1 heterocycles. The number of hydrogen-bond donors (Lipinski definition) is 0. The van der Waals surface area contributed by atoms with Crippen LogP contribution in [0.5, 0.6) is 0 Å². The van der Waals surface area contributed by atoms with Crippen LogP contribution in [0.3, 0.4) is 0 Å². The molecule has 0 aliphatic heterocycles. The van der Waals surface area contributed by atoms with Gasteiger partial charge in [-0.3, -0.25) is 9.59 Å². The highest BCUT2D eigenvalue weighted by molar-refractivity contribution is 6.32. The predicted octanol–water partition coefficient (Wildman–Crippen LogP) is 2.41. The molecule has 1 aromatic heterocycles. The first-order valence-electron chi connectivity index (χ1n) is 7.08. The summed E-state index contributed by atoms with van der Waals surface area (Å²) in [5.41, 5.74) is 0.975. The molecule has 2 rings (SSSR count). The number of carbonyl (C=O) groups is 2. The Bertz CT molecular complexity index is 714. The van der Waals surface area contributed by atoms with Crippen molar-refractivity contribution in [1.29, 1.82) is 0 Å². The number of aromatic nitrogens is 2. The second-order valence-electron chi connectivity index (χ2n) is 5.21. The number of amides is 1. The molecule has 122 valence electrons. The topological polar surface area (TPSA) is 64.4 Å². The standard InChI is InChI=1S/C16H18ClN3O3/c1-11(16(22)23-3)10-19(2)15(21)13-8-9-20(18-13)14-7-5-4-6-12(14)17/h4-9,11H,10H2,1-3H3/t11-/m0/s1. The molecular formula is C16H18ClN3O3. The van der Waals surface area contributed by atoms with E-state index in [9.17, 15) is 9.59 Å². The van der Waals surface area contributed by atoms with Crippen molar-refractivity contribution >= 4 is 23.5 Å². The lowest BCUT2D eigenvalue weighted by atomic mass is 10.1. The Morgan fingerprint density at radius 2 is 2.04 bits per heavy atom. The smallest absolute Gasteiger partial charge is 0.310 e. The van der Waals surface area contributed by atoms with Crippen LogP contribution in [0.2, 0.25) is 5.02 Å². The summed E-state index contributed by atoms with van der Waals surface area (Å²) in [5, 5.41) is 4.80. The van der Waals surface area contributed by atoms with E-state index in [1.54, 1.807) is 37.0 Å². The minimum absolute atomic E-state index is 0.254. The lowest BCUT2D eigenvalue weighted by Gasteiger charge is -2.19. The van der Waals surface area contributed by atoms with Crippen molar-refractivity contribution in [3.63, 3.8) is 0 Å². The van der Waals surface area contributed by atoms with Gasteiger partial charge in [0.05, 0.1) is 23.7 Å². The fourth-order valence-corrected chi connectivity index (χ4v) is 2.40. The Morgan fingerprint density at radius 1 is 1.35 bits per heavy atom. The van der Waals surface area contributed by atoms with Gasteiger partial charge in [-0.25, -0.2) is 4.68 Å². The zero-order chi connectivity index (χ0) is 17.0. The van der Waals surface area contributed by atoms with E-state index < -0.39 is 5.92 Å². The third kappa shape index (κ3) is 3.90. The molecule has 0 bridgehead atoms. The van der Waals surface area contributed by atoms with Gasteiger partial charge in [-0.2, -0.15) is 5.10 Å². The molecule has 1 aromatic carbocycles.